The zero-order valence-corrected chi connectivity index (χ0v) is 9.29. The van der Waals surface area contributed by atoms with Gasteiger partial charge in [0.2, 0.25) is 0 Å². The zero-order chi connectivity index (χ0) is 10.8. The van der Waals surface area contributed by atoms with Gasteiger partial charge in [0.15, 0.2) is 5.78 Å². The van der Waals surface area contributed by atoms with Crippen LogP contribution in [0.25, 0.3) is 0 Å². The number of fused-ring (bicyclic) bond motifs is 1. The Labute approximate surface area is 90.8 Å². The molecule has 0 N–H and O–H groups in total. The van der Waals surface area contributed by atoms with E-state index in [0.29, 0.717) is 18.1 Å². The summed E-state index contributed by atoms with van der Waals surface area (Å²) in [5.74, 6) is 0.709. The Morgan fingerprint density at radius 2 is 2.07 bits per heavy atom. The largest absolute Gasteiger partial charge is 0.294 e. The van der Waals surface area contributed by atoms with Crippen LogP contribution in [0.2, 0.25) is 0 Å². The minimum atomic E-state index is 0.294. The highest BCUT2D eigenvalue weighted by molar-refractivity contribution is 5.98. The quantitative estimate of drug-likeness (QED) is 0.635. The summed E-state index contributed by atoms with van der Waals surface area (Å²) in [5.41, 5.74) is 3.47. The van der Waals surface area contributed by atoms with E-state index in [4.69, 9.17) is 0 Å². The standard InChI is InChI=1S/C14H16O/c1-3-10(2)12-8-11-6-4-5-7-13(11)14(15)9-12/h3-7,12H,8-9H2,1-2H3/b10-3-. The van der Waals surface area contributed by atoms with E-state index < -0.39 is 0 Å². The lowest BCUT2D eigenvalue weighted by molar-refractivity contribution is 0.0956. The molecule has 0 spiro atoms. The van der Waals surface area contributed by atoms with E-state index in [9.17, 15) is 4.79 Å². The fraction of sp³-hybridized carbons (Fsp3) is 0.357. The first-order valence-corrected chi connectivity index (χ1v) is 5.46. The molecule has 1 heteroatoms. The smallest absolute Gasteiger partial charge is 0.163 e. The van der Waals surface area contributed by atoms with Crippen molar-refractivity contribution in [2.24, 2.45) is 5.92 Å². The van der Waals surface area contributed by atoms with Gasteiger partial charge in [0.1, 0.15) is 0 Å². The predicted octanol–water partition coefficient (Wildman–Crippen LogP) is 3.40. The van der Waals surface area contributed by atoms with Gasteiger partial charge >= 0.3 is 0 Å². The number of Topliss-reactive ketones (excluding diaryl/α,β-unsaturated/α-hetero) is 1. The molecule has 15 heavy (non-hydrogen) atoms. The second-order valence-corrected chi connectivity index (χ2v) is 4.22. The van der Waals surface area contributed by atoms with Gasteiger partial charge in [0, 0.05) is 12.0 Å². The molecule has 1 unspecified atom stereocenters. The van der Waals surface area contributed by atoms with Gasteiger partial charge in [-0.05, 0) is 31.7 Å². The first kappa shape index (κ1) is 10.2. The molecule has 78 valence electrons. The van der Waals surface area contributed by atoms with Crippen LogP contribution in [0.4, 0.5) is 0 Å². The lowest BCUT2D eigenvalue weighted by atomic mass is 9.79. The SMILES string of the molecule is C/C=C(/C)C1CC(=O)c2ccccc2C1. The third kappa shape index (κ3) is 1.87. The third-order valence-electron chi connectivity index (χ3n) is 3.32. The monoisotopic (exact) mass is 200 g/mol. The Morgan fingerprint density at radius 1 is 1.33 bits per heavy atom. The van der Waals surface area contributed by atoms with Crippen LogP contribution in [0.5, 0.6) is 0 Å². The molecule has 1 aromatic carbocycles. The lowest BCUT2D eigenvalue weighted by Crippen LogP contribution is -2.20. The van der Waals surface area contributed by atoms with E-state index in [1.807, 2.05) is 25.1 Å². The molecular weight excluding hydrogens is 184 g/mol. The number of hydrogen-bond donors (Lipinski definition) is 0. The molecule has 1 nitrogen and oxygen atoms in total. The van der Waals surface area contributed by atoms with Crippen LogP contribution in [0.1, 0.15) is 36.2 Å². The summed E-state index contributed by atoms with van der Waals surface area (Å²) < 4.78 is 0. The molecule has 0 saturated carbocycles. The van der Waals surface area contributed by atoms with Gasteiger partial charge in [-0.15, -0.1) is 0 Å². The highest BCUT2D eigenvalue weighted by Gasteiger charge is 2.24. The normalized spacial score (nSPS) is 21.3. The molecular formula is C14H16O. The molecule has 0 aromatic heterocycles. The maximum Gasteiger partial charge on any atom is 0.163 e. The minimum Gasteiger partial charge on any atom is -0.294 e. The van der Waals surface area contributed by atoms with E-state index in [1.54, 1.807) is 0 Å². The number of carbonyl (C=O) groups excluding carboxylic acids is 1. The number of ketones is 1. The van der Waals surface area contributed by atoms with E-state index >= 15 is 0 Å². The average molecular weight is 200 g/mol. The number of allylic oxidation sites excluding steroid dienone is 2. The van der Waals surface area contributed by atoms with Crippen LogP contribution in [0, 0.1) is 5.92 Å². The van der Waals surface area contributed by atoms with E-state index in [1.165, 1.54) is 11.1 Å². The van der Waals surface area contributed by atoms with Gasteiger partial charge < -0.3 is 0 Å². The highest BCUT2D eigenvalue weighted by Crippen LogP contribution is 2.29. The van der Waals surface area contributed by atoms with Crippen molar-refractivity contribution in [3.05, 3.63) is 47.0 Å². The summed E-state index contributed by atoms with van der Waals surface area (Å²) in [6, 6.07) is 7.97. The Balaban J connectivity index is 2.34. The van der Waals surface area contributed by atoms with E-state index in [-0.39, 0.29) is 0 Å². The van der Waals surface area contributed by atoms with Crippen LogP contribution >= 0.6 is 0 Å². The van der Waals surface area contributed by atoms with Crippen LogP contribution in [-0.2, 0) is 6.42 Å². The molecule has 0 heterocycles. The average Bonchev–Trinajstić information content (AvgIpc) is 2.28. The summed E-state index contributed by atoms with van der Waals surface area (Å²) in [6.07, 6.45) is 3.80. The van der Waals surface area contributed by atoms with Crippen molar-refractivity contribution in [1.82, 2.24) is 0 Å². The number of benzene rings is 1. The molecule has 0 bridgehead atoms. The number of carbonyl (C=O) groups is 1. The molecule has 1 atom stereocenters. The first-order chi connectivity index (χ1) is 7.22. The van der Waals surface area contributed by atoms with Crippen LogP contribution < -0.4 is 0 Å². The minimum absolute atomic E-state index is 0.294. The van der Waals surface area contributed by atoms with Gasteiger partial charge in [-0.1, -0.05) is 35.9 Å². The summed E-state index contributed by atoms with van der Waals surface area (Å²) >= 11 is 0. The van der Waals surface area contributed by atoms with Crippen molar-refractivity contribution in [3.63, 3.8) is 0 Å². The van der Waals surface area contributed by atoms with Gasteiger partial charge in [-0.25, -0.2) is 0 Å². The molecule has 1 aliphatic rings. The second-order valence-electron chi connectivity index (χ2n) is 4.22. The van der Waals surface area contributed by atoms with Gasteiger partial charge in [0.05, 0.1) is 0 Å². The lowest BCUT2D eigenvalue weighted by Gasteiger charge is -2.24. The first-order valence-electron chi connectivity index (χ1n) is 5.46. The second kappa shape index (κ2) is 4.01. The van der Waals surface area contributed by atoms with Gasteiger partial charge in [-0.2, -0.15) is 0 Å². The number of hydrogen-bond acceptors (Lipinski definition) is 1. The Hall–Kier alpha value is -1.37. The molecule has 0 amide bonds. The maximum atomic E-state index is 11.9. The van der Waals surface area contributed by atoms with Gasteiger partial charge in [-0.3, -0.25) is 4.79 Å². The number of rotatable bonds is 1. The summed E-state index contributed by atoms with van der Waals surface area (Å²) in [5, 5.41) is 0. The Kier molecular flexibility index (Phi) is 2.72. The summed E-state index contributed by atoms with van der Waals surface area (Å²) in [6.45, 7) is 4.16. The van der Waals surface area contributed by atoms with Crippen LogP contribution in [-0.4, -0.2) is 5.78 Å². The van der Waals surface area contributed by atoms with E-state index in [2.05, 4.69) is 19.1 Å². The summed E-state index contributed by atoms with van der Waals surface area (Å²) in [7, 11) is 0. The Bertz CT molecular complexity index is 415. The third-order valence-corrected chi connectivity index (χ3v) is 3.32. The van der Waals surface area contributed by atoms with Crippen molar-refractivity contribution in [1.29, 1.82) is 0 Å². The highest BCUT2D eigenvalue weighted by atomic mass is 16.1. The molecule has 0 aliphatic heterocycles. The molecule has 0 radical (unpaired) electrons. The van der Waals surface area contributed by atoms with Gasteiger partial charge in [0.25, 0.3) is 0 Å². The van der Waals surface area contributed by atoms with E-state index in [0.717, 1.165) is 12.0 Å². The molecule has 0 saturated heterocycles. The van der Waals surface area contributed by atoms with Crippen molar-refractivity contribution in [3.8, 4) is 0 Å². The molecule has 0 fully saturated rings. The van der Waals surface area contributed by atoms with Crippen LogP contribution in [0.3, 0.4) is 0 Å². The zero-order valence-electron chi connectivity index (χ0n) is 9.29. The van der Waals surface area contributed by atoms with Crippen molar-refractivity contribution in [2.75, 3.05) is 0 Å². The summed E-state index contributed by atoms with van der Waals surface area (Å²) in [4.78, 5) is 11.9. The van der Waals surface area contributed by atoms with Crippen molar-refractivity contribution < 1.29 is 4.79 Å². The van der Waals surface area contributed by atoms with Crippen LogP contribution in [0.15, 0.2) is 35.9 Å². The van der Waals surface area contributed by atoms with Crippen molar-refractivity contribution >= 4 is 5.78 Å². The topological polar surface area (TPSA) is 17.1 Å². The van der Waals surface area contributed by atoms with Crippen molar-refractivity contribution in [2.45, 2.75) is 26.7 Å². The maximum absolute atomic E-state index is 11.9. The molecule has 1 aliphatic carbocycles. The molecule has 2 rings (SSSR count). The Morgan fingerprint density at radius 3 is 2.80 bits per heavy atom. The predicted molar refractivity (Wildman–Crippen MR) is 62.0 cm³/mol. The fourth-order valence-electron chi connectivity index (χ4n) is 2.20. The molecule has 1 aromatic rings. The fourth-order valence-corrected chi connectivity index (χ4v) is 2.20.